The molecule has 1 aliphatic carbocycles. The summed E-state index contributed by atoms with van der Waals surface area (Å²) in [6, 6.07) is 15.0. The molecule has 2 aromatic carbocycles. The van der Waals surface area contributed by atoms with Crippen LogP contribution in [0.2, 0.25) is 0 Å². The molecule has 7 heteroatoms. The second kappa shape index (κ2) is 12.3. The maximum absolute atomic E-state index is 12.9. The molecular weight excluding hydrogens is 420 g/mol. The van der Waals surface area contributed by atoms with Gasteiger partial charge in [0.15, 0.2) is 6.10 Å². The van der Waals surface area contributed by atoms with Gasteiger partial charge in [0.25, 0.3) is 0 Å². The molecule has 0 spiro atoms. The summed E-state index contributed by atoms with van der Waals surface area (Å²) >= 11 is 0. The molecule has 3 rings (SSSR count). The minimum absolute atomic E-state index is 0.111. The van der Waals surface area contributed by atoms with E-state index in [4.69, 9.17) is 9.47 Å². The van der Waals surface area contributed by atoms with E-state index in [2.05, 4.69) is 5.32 Å². The van der Waals surface area contributed by atoms with E-state index in [-0.39, 0.29) is 6.03 Å². The normalized spacial score (nSPS) is 14.2. The molecule has 0 radical (unpaired) electrons. The smallest absolute Gasteiger partial charge is 0.333 e. The first-order chi connectivity index (χ1) is 15.9. The summed E-state index contributed by atoms with van der Waals surface area (Å²) < 4.78 is 11.1. The number of nitrogens with one attached hydrogen (secondary N) is 1. The van der Waals surface area contributed by atoms with E-state index >= 15 is 0 Å². The van der Waals surface area contributed by atoms with Crippen molar-refractivity contribution in [1.82, 2.24) is 4.90 Å². The highest BCUT2D eigenvalue weighted by atomic mass is 16.5. The molecule has 0 aromatic heterocycles. The minimum atomic E-state index is -0.965. The molecule has 2 aromatic rings. The molecule has 0 bridgehead atoms. The number of rotatable bonds is 12. The second-order valence-corrected chi connectivity index (χ2v) is 8.52. The van der Waals surface area contributed by atoms with Crippen LogP contribution in [-0.4, -0.2) is 54.4 Å². The van der Waals surface area contributed by atoms with Crippen molar-refractivity contribution < 1.29 is 24.2 Å². The highest BCUT2D eigenvalue weighted by Gasteiger charge is 2.24. The molecule has 1 atom stereocenters. The highest BCUT2D eigenvalue weighted by Crippen LogP contribution is 2.27. The lowest BCUT2D eigenvalue weighted by Crippen LogP contribution is -2.42. The number of nitrogens with zero attached hydrogens (tertiary/aromatic N) is 1. The predicted octanol–water partition coefficient (Wildman–Crippen LogP) is 4.74. The van der Waals surface area contributed by atoms with E-state index in [1.165, 1.54) is 6.42 Å². The lowest BCUT2D eigenvalue weighted by Gasteiger charge is -2.32. The summed E-state index contributed by atoms with van der Waals surface area (Å²) in [5.74, 6) is 0.276. The second-order valence-electron chi connectivity index (χ2n) is 8.52. The average Bonchev–Trinajstić information content (AvgIpc) is 2.77. The molecule has 33 heavy (non-hydrogen) atoms. The molecule has 178 valence electrons. The summed E-state index contributed by atoms with van der Waals surface area (Å²) in [5, 5.41) is 12.2. The molecule has 1 fully saturated rings. The number of ether oxygens (including phenoxy) is 2. The van der Waals surface area contributed by atoms with Crippen LogP contribution in [0.4, 0.5) is 10.5 Å². The van der Waals surface area contributed by atoms with Crippen molar-refractivity contribution >= 4 is 17.7 Å². The number of aliphatic carboxylic acids is 1. The fourth-order valence-electron chi connectivity index (χ4n) is 3.73. The van der Waals surface area contributed by atoms with E-state index in [0.29, 0.717) is 37.8 Å². The number of carbonyl (C=O) groups is 2. The Bertz CT molecular complexity index is 894. The minimum Gasteiger partial charge on any atom is -0.492 e. The fourth-order valence-corrected chi connectivity index (χ4v) is 3.73. The number of carboxylic acid groups (broad SMARTS) is 1. The van der Waals surface area contributed by atoms with Gasteiger partial charge >= 0.3 is 12.0 Å². The summed E-state index contributed by atoms with van der Waals surface area (Å²) in [4.78, 5) is 26.0. The maximum atomic E-state index is 12.9. The van der Waals surface area contributed by atoms with E-state index in [9.17, 15) is 14.7 Å². The van der Waals surface area contributed by atoms with Crippen molar-refractivity contribution in [3.63, 3.8) is 0 Å². The Morgan fingerprint density at radius 1 is 1.12 bits per heavy atom. The zero-order chi connectivity index (χ0) is 23.6. The van der Waals surface area contributed by atoms with E-state index in [1.54, 1.807) is 6.92 Å². The van der Waals surface area contributed by atoms with Gasteiger partial charge in [-0.05, 0) is 62.4 Å². The number of amides is 2. The number of hydrogen-bond donors (Lipinski definition) is 2. The lowest BCUT2D eigenvalue weighted by molar-refractivity contribution is -0.149. The van der Waals surface area contributed by atoms with Crippen molar-refractivity contribution in [2.75, 3.05) is 31.6 Å². The largest absolute Gasteiger partial charge is 0.492 e. The van der Waals surface area contributed by atoms with E-state index < -0.39 is 12.1 Å². The van der Waals surface area contributed by atoms with Gasteiger partial charge in [0.2, 0.25) is 0 Å². The van der Waals surface area contributed by atoms with Crippen molar-refractivity contribution in [3.8, 4) is 5.75 Å². The summed E-state index contributed by atoms with van der Waals surface area (Å²) in [7, 11) is 0. The molecule has 1 unspecified atom stereocenters. The molecule has 1 saturated carbocycles. The van der Waals surface area contributed by atoms with Gasteiger partial charge in [0, 0.05) is 25.3 Å². The van der Waals surface area contributed by atoms with E-state index in [0.717, 1.165) is 36.2 Å². The third kappa shape index (κ3) is 7.79. The first kappa shape index (κ1) is 24.6. The van der Waals surface area contributed by atoms with Gasteiger partial charge in [0.1, 0.15) is 12.4 Å². The van der Waals surface area contributed by atoms with E-state index in [1.807, 2.05) is 60.4 Å². The van der Waals surface area contributed by atoms with Crippen molar-refractivity contribution in [3.05, 3.63) is 59.7 Å². The first-order valence-corrected chi connectivity index (χ1v) is 11.6. The van der Waals surface area contributed by atoms with Gasteiger partial charge in [-0.1, -0.05) is 36.2 Å². The Labute approximate surface area is 195 Å². The summed E-state index contributed by atoms with van der Waals surface area (Å²) in [6.45, 7) is 5.75. The third-order valence-corrected chi connectivity index (χ3v) is 5.91. The number of hydrogen-bond acceptors (Lipinski definition) is 4. The molecule has 7 nitrogen and oxygen atoms in total. The SMILES string of the molecule is CCOC(Cc1ccc(OCCN(CC2CCC2)C(=O)Nc2ccc(C)cc2)cc1)C(=O)O. The number of anilines is 1. The molecule has 2 N–H and O–H groups in total. The maximum Gasteiger partial charge on any atom is 0.333 e. The molecule has 1 aliphatic rings. The fraction of sp³-hybridized carbons (Fsp3) is 0.462. The predicted molar refractivity (Wildman–Crippen MR) is 128 cm³/mol. The van der Waals surface area contributed by atoms with Crippen LogP contribution in [0.5, 0.6) is 5.75 Å². The lowest BCUT2D eigenvalue weighted by atomic mass is 9.85. The highest BCUT2D eigenvalue weighted by molar-refractivity contribution is 5.89. The Hall–Kier alpha value is -3.06. The van der Waals surface area contributed by atoms with Crippen LogP contribution in [0.25, 0.3) is 0 Å². The van der Waals surface area contributed by atoms with Gasteiger partial charge in [-0.2, -0.15) is 0 Å². The van der Waals surface area contributed by atoms with Crippen molar-refractivity contribution in [2.24, 2.45) is 5.92 Å². The molecule has 0 heterocycles. The van der Waals surface area contributed by atoms with Crippen LogP contribution >= 0.6 is 0 Å². The molecular formula is C26H34N2O5. The standard InChI is InChI=1S/C26H34N2O5/c1-3-32-24(25(29)30)17-20-9-13-23(14-10-20)33-16-15-28(18-21-5-4-6-21)26(31)27-22-11-7-19(2)8-12-22/h7-14,21,24H,3-6,15-18H2,1-2H3,(H,27,31)(H,29,30). The Morgan fingerprint density at radius 2 is 1.82 bits per heavy atom. The summed E-state index contributed by atoms with van der Waals surface area (Å²) in [6.07, 6.45) is 3.00. The zero-order valence-electron chi connectivity index (χ0n) is 19.5. The van der Waals surface area contributed by atoms with Gasteiger partial charge < -0.3 is 24.8 Å². The van der Waals surface area contributed by atoms with Crippen LogP contribution in [-0.2, 0) is 16.0 Å². The number of carboxylic acids is 1. The van der Waals surface area contributed by atoms with Gasteiger partial charge in [-0.3, -0.25) is 0 Å². The number of carbonyl (C=O) groups excluding carboxylic acids is 1. The number of benzene rings is 2. The van der Waals surface area contributed by atoms with Crippen molar-refractivity contribution in [1.29, 1.82) is 0 Å². The Morgan fingerprint density at radius 3 is 2.39 bits per heavy atom. The summed E-state index contributed by atoms with van der Waals surface area (Å²) in [5.41, 5.74) is 2.80. The third-order valence-electron chi connectivity index (χ3n) is 5.91. The Kier molecular flexibility index (Phi) is 9.13. The van der Waals surface area contributed by atoms with Crippen LogP contribution < -0.4 is 10.1 Å². The Balaban J connectivity index is 1.51. The molecule has 2 amide bonds. The van der Waals surface area contributed by atoms with Crippen molar-refractivity contribution in [2.45, 2.75) is 45.6 Å². The monoisotopic (exact) mass is 454 g/mol. The van der Waals surface area contributed by atoms with Gasteiger partial charge in [0.05, 0.1) is 6.54 Å². The first-order valence-electron chi connectivity index (χ1n) is 11.6. The molecule has 0 aliphatic heterocycles. The molecule has 0 saturated heterocycles. The topological polar surface area (TPSA) is 88.1 Å². The van der Waals surface area contributed by atoms with Crippen LogP contribution in [0.1, 0.15) is 37.3 Å². The van der Waals surface area contributed by atoms with Crippen LogP contribution in [0.3, 0.4) is 0 Å². The quantitative estimate of drug-likeness (QED) is 0.484. The number of aryl methyl sites for hydroxylation is 1. The van der Waals surface area contributed by atoms with Gasteiger partial charge in [-0.25, -0.2) is 9.59 Å². The zero-order valence-corrected chi connectivity index (χ0v) is 19.5. The van der Waals surface area contributed by atoms with Crippen LogP contribution in [0.15, 0.2) is 48.5 Å². The van der Waals surface area contributed by atoms with Gasteiger partial charge in [-0.15, -0.1) is 0 Å². The van der Waals surface area contributed by atoms with Crippen LogP contribution in [0, 0.1) is 12.8 Å². The number of urea groups is 1. The average molecular weight is 455 g/mol.